The minimum atomic E-state index is -0.850. The van der Waals surface area contributed by atoms with E-state index in [4.69, 9.17) is 4.74 Å². The Balaban J connectivity index is 1.50. The van der Waals surface area contributed by atoms with Gasteiger partial charge in [0, 0.05) is 36.4 Å². The van der Waals surface area contributed by atoms with Gasteiger partial charge in [-0.1, -0.05) is 18.3 Å². The van der Waals surface area contributed by atoms with Crippen molar-refractivity contribution in [3.8, 4) is 11.8 Å². The van der Waals surface area contributed by atoms with Crippen molar-refractivity contribution in [2.75, 3.05) is 36.5 Å². The Morgan fingerprint density at radius 3 is 2.74 bits per heavy atom. The molecule has 3 heterocycles. The number of benzene rings is 1. The summed E-state index contributed by atoms with van der Waals surface area (Å²) in [4.78, 5) is 9.90. The van der Waals surface area contributed by atoms with Gasteiger partial charge in [-0.15, -0.1) is 0 Å². The van der Waals surface area contributed by atoms with E-state index in [1.807, 2.05) is 24.4 Å². The molecular formula is C25H28N4O2. The highest BCUT2D eigenvalue weighted by molar-refractivity contribution is 5.93. The Labute approximate surface area is 182 Å². The Hall–Kier alpha value is -3.01. The maximum atomic E-state index is 10.8. The molecule has 1 aromatic carbocycles. The number of nitrogens with zero attached hydrogens (tertiary/aromatic N) is 2. The van der Waals surface area contributed by atoms with Gasteiger partial charge >= 0.3 is 0 Å². The SMILES string of the molecule is OC1(C#Cc2ccc(N3CCOCC3)c(Nc3ccnc4[nH]ccc34)c2)CCCCC1. The maximum absolute atomic E-state index is 10.8. The lowest BCUT2D eigenvalue weighted by atomic mass is 9.85. The zero-order chi connectivity index (χ0) is 21.1. The van der Waals surface area contributed by atoms with Crippen LogP contribution in [0.25, 0.3) is 11.0 Å². The third-order valence-corrected chi connectivity index (χ3v) is 6.20. The molecule has 31 heavy (non-hydrogen) atoms. The van der Waals surface area contributed by atoms with Crippen LogP contribution in [0.3, 0.4) is 0 Å². The Bertz CT molecular complexity index is 1120. The number of hydrogen-bond acceptors (Lipinski definition) is 5. The smallest absolute Gasteiger partial charge is 0.139 e. The number of ether oxygens (including phenoxy) is 1. The normalized spacial score (nSPS) is 18.4. The minimum absolute atomic E-state index is 0.728. The molecule has 2 fully saturated rings. The number of hydrogen-bond donors (Lipinski definition) is 3. The summed E-state index contributed by atoms with van der Waals surface area (Å²) in [6.45, 7) is 3.17. The van der Waals surface area contributed by atoms with E-state index in [0.29, 0.717) is 0 Å². The summed E-state index contributed by atoms with van der Waals surface area (Å²) >= 11 is 0. The molecule has 3 N–H and O–H groups in total. The molecule has 1 aliphatic heterocycles. The quantitative estimate of drug-likeness (QED) is 0.559. The highest BCUT2D eigenvalue weighted by Gasteiger charge is 2.26. The number of aliphatic hydroxyl groups is 1. The van der Waals surface area contributed by atoms with Gasteiger partial charge in [0.2, 0.25) is 0 Å². The van der Waals surface area contributed by atoms with Crippen LogP contribution in [0, 0.1) is 11.8 Å². The number of aromatic nitrogens is 2. The first kappa shape index (κ1) is 19.9. The zero-order valence-corrected chi connectivity index (χ0v) is 17.7. The molecule has 0 unspecified atom stereocenters. The first-order valence-corrected chi connectivity index (χ1v) is 11.1. The molecule has 0 amide bonds. The summed E-state index contributed by atoms with van der Waals surface area (Å²) in [5, 5.41) is 15.4. The predicted octanol–water partition coefficient (Wildman–Crippen LogP) is 4.19. The van der Waals surface area contributed by atoms with Crippen molar-refractivity contribution in [3.63, 3.8) is 0 Å². The van der Waals surface area contributed by atoms with Crippen molar-refractivity contribution in [2.24, 2.45) is 0 Å². The van der Waals surface area contributed by atoms with Crippen molar-refractivity contribution < 1.29 is 9.84 Å². The number of nitrogens with one attached hydrogen (secondary N) is 2. The number of pyridine rings is 1. The fraction of sp³-hybridized carbons (Fsp3) is 0.400. The maximum Gasteiger partial charge on any atom is 0.139 e. The van der Waals surface area contributed by atoms with Crippen LogP contribution in [0.1, 0.15) is 37.7 Å². The summed E-state index contributed by atoms with van der Waals surface area (Å²) in [5.41, 5.74) is 4.03. The first-order chi connectivity index (χ1) is 15.2. The molecule has 3 aromatic rings. The number of rotatable bonds is 3. The highest BCUT2D eigenvalue weighted by Crippen LogP contribution is 2.33. The van der Waals surface area contributed by atoms with Crippen LogP contribution in [0.15, 0.2) is 42.7 Å². The monoisotopic (exact) mass is 416 g/mol. The molecule has 1 aliphatic carbocycles. The van der Waals surface area contributed by atoms with Crippen LogP contribution >= 0.6 is 0 Å². The molecule has 1 saturated heterocycles. The summed E-state index contributed by atoms with van der Waals surface area (Å²) in [5.74, 6) is 6.40. The van der Waals surface area contributed by atoms with Gasteiger partial charge in [0.05, 0.1) is 30.3 Å². The summed E-state index contributed by atoms with van der Waals surface area (Å²) in [6.07, 6.45) is 8.51. The van der Waals surface area contributed by atoms with Gasteiger partial charge in [-0.25, -0.2) is 4.98 Å². The van der Waals surface area contributed by atoms with Crippen molar-refractivity contribution in [1.82, 2.24) is 9.97 Å². The molecule has 0 radical (unpaired) electrons. The number of H-pyrrole nitrogens is 1. The van der Waals surface area contributed by atoms with Crippen LogP contribution in [0.2, 0.25) is 0 Å². The lowest BCUT2D eigenvalue weighted by Gasteiger charge is -2.31. The molecule has 6 heteroatoms. The minimum Gasteiger partial charge on any atom is -0.378 e. The summed E-state index contributed by atoms with van der Waals surface area (Å²) < 4.78 is 5.54. The summed E-state index contributed by atoms with van der Waals surface area (Å²) in [7, 11) is 0. The predicted molar refractivity (Wildman–Crippen MR) is 124 cm³/mol. The van der Waals surface area contributed by atoms with E-state index in [2.05, 4.69) is 44.2 Å². The zero-order valence-electron chi connectivity index (χ0n) is 17.7. The second kappa shape index (κ2) is 8.62. The molecule has 1 saturated carbocycles. The number of anilines is 3. The Morgan fingerprint density at radius 1 is 1.06 bits per heavy atom. The van der Waals surface area contributed by atoms with Gasteiger partial charge < -0.3 is 25.0 Å². The van der Waals surface area contributed by atoms with Crippen LogP contribution in [-0.2, 0) is 4.74 Å². The molecule has 2 aliphatic rings. The second-order valence-electron chi connectivity index (χ2n) is 8.40. The topological polar surface area (TPSA) is 73.4 Å². The fourth-order valence-electron chi connectivity index (χ4n) is 4.46. The molecule has 2 aromatic heterocycles. The first-order valence-electron chi connectivity index (χ1n) is 11.1. The van der Waals surface area contributed by atoms with Gasteiger partial charge in [0.25, 0.3) is 0 Å². The van der Waals surface area contributed by atoms with E-state index in [1.165, 1.54) is 6.42 Å². The molecule has 0 spiro atoms. The second-order valence-corrected chi connectivity index (χ2v) is 8.40. The van der Waals surface area contributed by atoms with E-state index >= 15 is 0 Å². The third kappa shape index (κ3) is 4.39. The van der Waals surface area contributed by atoms with Crippen LogP contribution < -0.4 is 10.2 Å². The molecule has 0 atom stereocenters. The Kier molecular flexibility index (Phi) is 5.54. The van der Waals surface area contributed by atoms with E-state index in [1.54, 1.807) is 6.20 Å². The van der Waals surface area contributed by atoms with Crippen molar-refractivity contribution in [2.45, 2.75) is 37.7 Å². The van der Waals surface area contributed by atoms with E-state index in [0.717, 1.165) is 85.6 Å². The molecule has 160 valence electrons. The van der Waals surface area contributed by atoms with E-state index in [9.17, 15) is 5.11 Å². The van der Waals surface area contributed by atoms with Crippen molar-refractivity contribution in [3.05, 3.63) is 48.3 Å². The number of morpholine rings is 1. The third-order valence-electron chi connectivity index (χ3n) is 6.20. The van der Waals surface area contributed by atoms with Gasteiger partial charge in [-0.05, 0) is 56.0 Å². The molecule has 5 rings (SSSR count). The molecular weight excluding hydrogens is 388 g/mol. The highest BCUT2D eigenvalue weighted by atomic mass is 16.5. The van der Waals surface area contributed by atoms with Crippen molar-refractivity contribution >= 4 is 28.1 Å². The standard InChI is InChI=1S/C25H28N4O2/c30-25(9-2-1-3-10-25)11-6-19-4-5-23(29-14-16-31-17-15-29)22(18-19)28-21-8-13-27-24-20(21)7-12-26-24/h4-5,7-8,12-13,18,30H,1-3,9-10,14-17H2,(H2,26,27,28). The summed E-state index contributed by atoms with van der Waals surface area (Å²) in [6, 6.07) is 10.3. The molecule has 6 nitrogen and oxygen atoms in total. The van der Waals surface area contributed by atoms with E-state index in [-0.39, 0.29) is 0 Å². The van der Waals surface area contributed by atoms with Gasteiger partial charge in [-0.3, -0.25) is 0 Å². The van der Waals surface area contributed by atoms with Crippen LogP contribution in [-0.4, -0.2) is 47.0 Å². The Morgan fingerprint density at radius 2 is 1.90 bits per heavy atom. The van der Waals surface area contributed by atoms with Crippen molar-refractivity contribution in [1.29, 1.82) is 0 Å². The average molecular weight is 417 g/mol. The lowest BCUT2D eigenvalue weighted by molar-refractivity contribution is 0.0610. The average Bonchev–Trinajstić information content (AvgIpc) is 3.29. The van der Waals surface area contributed by atoms with Gasteiger partial charge in [-0.2, -0.15) is 0 Å². The van der Waals surface area contributed by atoms with Gasteiger partial charge in [0.1, 0.15) is 11.2 Å². The fourth-order valence-corrected chi connectivity index (χ4v) is 4.46. The molecule has 0 bridgehead atoms. The van der Waals surface area contributed by atoms with Crippen LogP contribution in [0.4, 0.5) is 17.1 Å². The van der Waals surface area contributed by atoms with Gasteiger partial charge in [0.15, 0.2) is 0 Å². The number of aromatic amines is 1. The largest absolute Gasteiger partial charge is 0.378 e. The van der Waals surface area contributed by atoms with E-state index < -0.39 is 5.60 Å². The van der Waals surface area contributed by atoms with Crippen LogP contribution in [0.5, 0.6) is 0 Å². The lowest BCUT2D eigenvalue weighted by Crippen LogP contribution is -2.36. The number of fused-ring (bicyclic) bond motifs is 1.